The third-order valence-corrected chi connectivity index (χ3v) is 41.4. The minimum Gasteiger partial charge on any atom is -0.0712 e. The Morgan fingerprint density at radius 3 is 0.800 bits per heavy atom. The van der Waals surface area contributed by atoms with Crippen molar-refractivity contribution in [3.05, 3.63) is 24.3 Å². The molecule has 114 valence electrons. The first-order valence-corrected chi connectivity index (χ1v) is 22.8. The van der Waals surface area contributed by atoms with E-state index >= 15 is 0 Å². The topological polar surface area (TPSA) is 0 Å². The van der Waals surface area contributed by atoms with Gasteiger partial charge in [0.15, 0.2) is 0 Å². The summed E-state index contributed by atoms with van der Waals surface area (Å²) >= 11 is 0. The number of benzene rings is 1. The molecule has 0 amide bonds. The van der Waals surface area contributed by atoms with Crippen molar-refractivity contribution in [1.29, 1.82) is 0 Å². The molecule has 1 rings (SSSR count). The molecule has 0 atom stereocenters. The van der Waals surface area contributed by atoms with Gasteiger partial charge in [0.1, 0.15) is 0 Å². The van der Waals surface area contributed by atoms with Gasteiger partial charge < -0.3 is 0 Å². The van der Waals surface area contributed by atoms with Crippen molar-refractivity contribution in [1.82, 2.24) is 0 Å². The predicted molar refractivity (Wildman–Crippen MR) is 107 cm³/mol. The van der Waals surface area contributed by atoms with Crippen LogP contribution in [0.25, 0.3) is 0 Å². The molecule has 0 fully saturated rings. The van der Waals surface area contributed by atoms with Gasteiger partial charge in [-0.2, -0.15) is 0 Å². The Bertz CT molecular complexity index is 414. The summed E-state index contributed by atoms with van der Waals surface area (Å²) in [4.78, 5) is 0. The third-order valence-electron chi connectivity index (χ3n) is 6.08. The van der Waals surface area contributed by atoms with Crippen LogP contribution >= 0.6 is 0 Å². The normalized spacial score (nSPS) is 14.5. The highest BCUT2D eigenvalue weighted by atomic mass is 29.3. The van der Waals surface area contributed by atoms with Gasteiger partial charge in [0, 0.05) is 15.2 Å². The molecule has 20 heavy (non-hydrogen) atoms. The standard InChI is InChI=1S/C16H34Si4/c1-17(2,3)19(7,8)15-11-13-16(14-12-15)20(9,10)18(4,5)6/h11-14H,1-10H3. The van der Waals surface area contributed by atoms with Gasteiger partial charge in [-0.25, -0.2) is 0 Å². The van der Waals surface area contributed by atoms with Gasteiger partial charge in [-0.1, -0.05) is 100 Å². The molecule has 0 saturated heterocycles. The zero-order valence-electron chi connectivity index (χ0n) is 15.3. The van der Waals surface area contributed by atoms with E-state index in [1.807, 2.05) is 0 Å². The lowest BCUT2D eigenvalue weighted by atomic mass is 10.4. The van der Waals surface area contributed by atoms with Gasteiger partial charge in [-0.05, 0) is 0 Å². The molecule has 4 heteroatoms. The van der Waals surface area contributed by atoms with Crippen molar-refractivity contribution in [3.63, 3.8) is 0 Å². The lowest BCUT2D eigenvalue weighted by molar-refractivity contribution is 1.68. The van der Waals surface area contributed by atoms with Crippen molar-refractivity contribution in [2.24, 2.45) is 0 Å². The maximum Gasteiger partial charge on any atom is 0.0736 e. The fraction of sp³-hybridized carbons (Fsp3) is 0.625. The molecule has 0 spiro atoms. The van der Waals surface area contributed by atoms with Crippen LogP contribution in [-0.4, -0.2) is 30.4 Å². The van der Waals surface area contributed by atoms with E-state index < -0.39 is 30.4 Å². The molecule has 0 aromatic heterocycles. The zero-order chi connectivity index (χ0) is 16.0. The van der Waals surface area contributed by atoms with Crippen LogP contribution in [0.15, 0.2) is 24.3 Å². The average molecular weight is 339 g/mol. The summed E-state index contributed by atoms with van der Waals surface area (Å²) in [5.41, 5.74) is 0. The fourth-order valence-corrected chi connectivity index (χ4v) is 12.1. The lowest BCUT2D eigenvalue weighted by Crippen LogP contribution is -2.63. The molecule has 0 nitrogen and oxygen atoms in total. The molecule has 0 saturated carbocycles. The van der Waals surface area contributed by atoms with Gasteiger partial charge in [0.05, 0.1) is 15.2 Å². The first-order valence-electron chi connectivity index (χ1n) is 7.82. The molecular formula is C16H34Si4. The largest absolute Gasteiger partial charge is 0.0736 e. The van der Waals surface area contributed by atoms with Crippen molar-refractivity contribution in [2.45, 2.75) is 65.5 Å². The monoisotopic (exact) mass is 338 g/mol. The third kappa shape index (κ3) is 3.29. The van der Waals surface area contributed by atoms with Crippen LogP contribution in [0.1, 0.15) is 0 Å². The first kappa shape index (κ1) is 18.1. The summed E-state index contributed by atoms with van der Waals surface area (Å²) in [6.45, 7) is 25.5. The van der Waals surface area contributed by atoms with E-state index in [9.17, 15) is 0 Å². The summed E-state index contributed by atoms with van der Waals surface area (Å²) in [5, 5.41) is 3.33. The first-order chi connectivity index (χ1) is 8.71. The Hall–Kier alpha value is 0.0875. The lowest BCUT2D eigenvalue weighted by Gasteiger charge is -2.38. The maximum atomic E-state index is 2.56. The van der Waals surface area contributed by atoms with E-state index in [0.29, 0.717) is 0 Å². The summed E-state index contributed by atoms with van der Waals surface area (Å²) in [7, 11) is -4.62. The molecule has 1 aromatic rings. The number of hydrogen-bond acceptors (Lipinski definition) is 0. The van der Waals surface area contributed by atoms with Gasteiger partial charge in [-0.15, -0.1) is 0 Å². The van der Waals surface area contributed by atoms with E-state index in [4.69, 9.17) is 0 Å². The molecule has 1 aromatic carbocycles. The second-order valence-corrected chi connectivity index (χ2v) is 42.5. The molecule has 0 radical (unpaired) electrons. The number of hydrogen-bond donors (Lipinski definition) is 0. The molecule has 0 unspecified atom stereocenters. The molecule has 0 heterocycles. The van der Waals surface area contributed by atoms with Crippen molar-refractivity contribution >= 4 is 40.7 Å². The smallest absolute Gasteiger partial charge is 0.0712 e. The van der Waals surface area contributed by atoms with Crippen LogP contribution in [0, 0.1) is 0 Å². The molecule has 0 N–H and O–H groups in total. The molecule has 0 aliphatic heterocycles. The summed E-state index contributed by atoms with van der Waals surface area (Å²) in [6.07, 6.45) is 0. The van der Waals surface area contributed by atoms with E-state index in [-0.39, 0.29) is 0 Å². The van der Waals surface area contributed by atoms with Gasteiger partial charge in [0.25, 0.3) is 0 Å². The van der Waals surface area contributed by atoms with E-state index in [0.717, 1.165) is 0 Å². The van der Waals surface area contributed by atoms with Crippen molar-refractivity contribution in [2.75, 3.05) is 0 Å². The fourth-order valence-electron chi connectivity index (χ4n) is 2.17. The van der Waals surface area contributed by atoms with Crippen LogP contribution in [0.4, 0.5) is 0 Å². The van der Waals surface area contributed by atoms with Crippen LogP contribution < -0.4 is 10.4 Å². The maximum absolute atomic E-state index is 2.56. The Kier molecular flexibility index (Phi) is 4.87. The van der Waals surface area contributed by atoms with Crippen LogP contribution in [-0.2, 0) is 0 Å². The summed E-state index contributed by atoms with van der Waals surface area (Å²) in [6, 6.07) is 9.92. The highest BCUT2D eigenvalue weighted by molar-refractivity contribution is 7.46. The van der Waals surface area contributed by atoms with Gasteiger partial charge in [-0.3, -0.25) is 0 Å². The van der Waals surface area contributed by atoms with E-state index in [1.54, 1.807) is 10.4 Å². The van der Waals surface area contributed by atoms with Crippen LogP contribution in [0.3, 0.4) is 0 Å². The highest BCUT2D eigenvalue weighted by Gasteiger charge is 2.40. The van der Waals surface area contributed by atoms with E-state index in [1.165, 1.54) is 0 Å². The second kappa shape index (κ2) is 5.37. The summed E-state index contributed by atoms with van der Waals surface area (Å²) in [5.74, 6) is 0. The van der Waals surface area contributed by atoms with Crippen molar-refractivity contribution < 1.29 is 0 Å². The Morgan fingerprint density at radius 1 is 0.450 bits per heavy atom. The Morgan fingerprint density at radius 2 is 0.650 bits per heavy atom. The van der Waals surface area contributed by atoms with Crippen molar-refractivity contribution in [3.8, 4) is 0 Å². The number of rotatable bonds is 4. The zero-order valence-corrected chi connectivity index (χ0v) is 19.3. The SMILES string of the molecule is C[Si](C)(C)[Si](C)(C)c1ccc([Si](C)(C)[Si](C)(C)C)cc1. The minimum atomic E-state index is -1.24. The molecule has 0 aliphatic carbocycles. The Labute approximate surface area is 130 Å². The summed E-state index contributed by atoms with van der Waals surface area (Å²) < 4.78 is 0. The Balaban J connectivity index is 3.20. The predicted octanol–water partition coefficient (Wildman–Crippen LogP) is 4.35. The van der Waals surface area contributed by atoms with Crippen LogP contribution in [0.2, 0.25) is 65.5 Å². The quantitative estimate of drug-likeness (QED) is 0.716. The second-order valence-electron chi connectivity index (χ2n) is 9.33. The minimum absolute atomic E-state index is 1.07. The van der Waals surface area contributed by atoms with E-state index in [2.05, 4.69) is 89.7 Å². The molecular weight excluding hydrogens is 305 g/mol. The molecule has 0 bridgehead atoms. The van der Waals surface area contributed by atoms with Gasteiger partial charge >= 0.3 is 0 Å². The molecule has 0 aliphatic rings. The van der Waals surface area contributed by atoms with Crippen LogP contribution in [0.5, 0.6) is 0 Å². The highest BCUT2D eigenvalue weighted by Crippen LogP contribution is 2.21. The average Bonchev–Trinajstić information content (AvgIpc) is 2.26. The van der Waals surface area contributed by atoms with Gasteiger partial charge in [0.2, 0.25) is 0 Å².